The van der Waals surface area contributed by atoms with Gasteiger partial charge in [0.15, 0.2) is 0 Å². The number of aliphatic hydroxyl groups is 1. The van der Waals surface area contributed by atoms with Crippen molar-refractivity contribution in [2.75, 3.05) is 6.61 Å². The Morgan fingerprint density at radius 2 is 1.94 bits per heavy atom. The second-order valence-electron chi connectivity index (χ2n) is 5.62. The van der Waals surface area contributed by atoms with Crippen LogP contribution in [0.1, 0.15) is 45.2 Å². The van der Waals surface area contributed by atoms with Crippen LogP contribution in [-0.2, 0) is 5.41 Å². The van der Waals surface area contributed by atoms with Crippen LogP contribution in [-0.4, -0.2) is 17.8 Å². The monoisotopic (exact) mass is 236 g/mol. The molecule has 1 aromatic rings. The van der Waals surface area contributed by atoms with Gasteiger partial charge < -0.3 is 9.84 Å². The van der Waals surface area contributed by atoms with Crippen LogP contribution in [0.5, 0.6) is 5.75 Å². The Balaban J connectivity index is 2.92. The van der Waals surface area contributed by atoms with Crippen molar-refractivity contribution in [3.63, 3.8) is 0 Å². The highest BCUT2D eigenvalue weighted by Gasteiger charge is 2.19. The molecule has 1 N–H and O–H groups in total. The molecule has 0 aliphatic rings. The largest absolute Gasteiger partial charge is 0.491 e. The quantitative estimate of drug-likeness (QED) is 0.867. The van der Waals surface area contributed by atoms with E-state index in [1.807, 2.05) is 13.0 Å². The highest BCUT2D eigenvalue weighted by atomic mass is 16.5. The first-order chi connectivity index (χ1) is 7.84. The van der Waals surface area contributed by atoms with Gasteiger partial charge in [0.2, 0.25) is 0 Å². The Hall–Kier alpha value is -1.02. The van der Waals surface area contributed by atoms with Crippen molar-refractivity contribution in [1.29, 1.82) is 0 Å². The number of ether oxygens (including phenoxy) is 1. The van der Waals surface area contributed by atoms with Gasteiger partial charge in [-0.1, -0.05) is 39.8 Å². The summed E-state index contributed by atoms with van der Waals surface area (Å²) in [6, 6.07) is 6.26. The maximum absolute atomic E-state index is 9.56. The van der Waals surface area contributed by atoms with Gasteiger partial charge in [0.25, 0.3) is 0 Å². The van der Waals surface area contributed by atoms with Crippen LogP contribution >= 0.6 is 0 Å². The van der Waals surface area contributed by atoms with Gasteiger partial charge in [-0.3, -0.25) is 0 Å². The zero-order valence-electron chi connectivity index (χ0n) is 11.6. The molecular formula is C15H24O2. The van der Waals surface area contributed by atoms with Crippen molar-refractivity contribution in [2.45, 2.75) is 52.6 Å². The van der Waals surface area contributed by atoms with Crippen LogP contribution in [0, 0.1) is 6.92 Å². The first-order valence-corrected chi connectivity index (χ1v) is 6.26. The van der Waals surface area contributed by atoms with Gasteiger partial charge in [-0.2, -0.15) is 0 Å². The molecule has 0 saturated carbocycles. The van der Waals surface area contributed by atoms with Crippen molar-refractivity contribution < 1.29 is 9.84 Å². The van der Waals surface area contributed by atoms with E-state index in [2.05, 4.69) is 39.8 Å². The van der Waals surface area contributed by atoms with E-state index in [-0.39, 0.29) is 11.5 Å². The zero-order valence-corrected chi connectivity index (χ0v) is 11.6. The molecular weight excluding hydrogens is 212 g/mol. The summed E-state index contributed by atoms with van der Waals surface area (Å²) in [5, 5.41) is 9.56. The summed E-state index contributed by atoms with van der Waals surface area (Å²) in [5.41, 5.74) is 2.42. The topological polar surface area (TPSA) is 29.5 Å². The maximum atomic E-state index is 9.56. The molecule has 0 saturated heterocycles. The second kappa shape index (κ2) is 5.54. The molecule has 0 aliphatic carbocycles. The predicted octanol–water partition coefficient (Wildman–Crippen LogP) is 3.44. The second-order valence-corrected chi connectivity index (χ2v) is 5.62. The molecule has 2 nitrogen and oxygen atoms in total. The lowest BCUT2D eigenvalue weighted by atomic mass is 9.86. The van der Waals surface area contributed by atoms with Crippen molar-refractivity contribution in [3.8, 4) is 5.75 Å². The summed E-state index contributed by atoms with van der Waals surface area (Å²) in [7, 11) is 0. The number of hydrogen-bond acceptors (Lipinski definition) is 2. The minimum absolute atomic E-state index is 0.0558. The fourth-order valence-corrected chi connectivity index (χ4v) is 1.67. The van der Waals surface area contributed by atoms with Gasteiger partial charge in [-0.15, -0.1) is 0 Å². The van der Waals surface area contributed by atoms with E-state index in [1.54, 1.807) is 0 Å². The highest BCUT2D eigenvalue weighted by Crippen LogP contribution is 2.32. The summed E-state index contributed by atoms with van der Waals surface area (Å²) >= 11 is 0. The molecule has 0 aliphatic heterocycles. The molecule has 0 amide bonds. The van der Waals surface area contributed by atoms with Crippen molar-refractivity contribution in [3.05, 3.63) is 29.3 Å². The summed E-state index contributed by atoms with van der Waals surface area (Å²) in [6.45, 7) is 10.9. The number of rotatable bonds is 4. The van der Waals surface area contributed by atoms with Crippen LogP contribution in [0.15, 0.2) is 18.2 Å². The Bertz CT molecular complexity index is 364. The Kier molecular flexibility index (Phi) is 4.58. The Morgan fingerprint density at radius 1 is 1.29 bits per heavy atom. The minimum Gasteiger partial charge on any atom is -0.491 e. The lowest BCUT2D eigenvalue weighted by Gasteiger charge is -2.23. The first kappa shape index (κ1) is 14.0. The van der Waals surface area contributed by atoms with Crippen LogP contribution in [0.25, 0.3) is 0 Å². The van der Waals surface area contributed by atoms with Gasteiger partial charge in [0.1, 0.15) is 12.4 Å². The van der Waals surface area contributed by atoms with Crippen LogP contribution in [0.4, 0.5) is 0 Å². The van der Waals surface area contributed by atoms with Crippen LogP contribution < -0.4 is 4.74 Å². The standard InChI is InChI=1S/C15H24O2/c1-6-12(16)10-17-14-9-11(2)7-8-13(14)15(3,4)5/h7-9,12,16H,6,10H2,1-5H3. The van der Waals surface area contributed by atoms with E-state index in [0.717, 1.165) is 12.2 Å². The predicted molar refractivity (Wildman–Crippen MR) is 71.7 cm³/mol. The number of aryl methyl sites for hydroxylation is 1. The van der Waals surface area contributed by atoms with Crippen LogP contribution in [0.3, 0.4) is 0 Å². The van der Waals surface area contributed by atoms with E-state index in [1.165, 1.54) is 11.1 Å². The lowest BCUT2D eigenvalue weighted by Crippen LogP contribution is -2.19. The zero-order chi connectivity index (χ0) is 13.1. The van der Waals surface area contributed by atoms with E-state index in [4.69, 9.17) is 4.74 Å². The third-order valence-electron chi connectivity index (χ3n) is 2.85. The molecule has 1 atom stereocenters. The van der Waals surface area contributed by atoms with E-state index in [9.17, 15) is 5.11 Å². The fraction of sp³-hybridized carbons (Fsp3) is 0.600. The van der Waals surface area contributed by atoms with E-state index in [0.29, 0.717) is 6.61 Å². The Labute approximate surface area is 105 Å². The molecule has 1 aromatic carbocycles. The molecule has 1 rings (SSSR count). The summed E-state index contributed by atoms with van der Waals surface area (Å²) in [4.78, 5) is 0. The molecule has 2 heteroatoms. The molecule has 17 heavy (non-hydrogen) atoms. The van der Waals surface area contributed by atoms with Gasteiger partial charge in [-0.25, -0.2) is 0 Å². The van der Waals surface area contributed by atoms with Crippen molar-refractivity contribution in [2.24, 2.45) is 0 Å². The maximum Gasteiger partial charge on any atom is 0.123 e. The average Bonchev–Trinajstić information content (AvgIpc) is 2.24. The number of aliphatic hydroxyl groups excluding tert-OH is 1. The number of hydrogen-bond donors (Lipinski definition) is 1. The normalized spacial score (nSPS) is 13.5. The van der Waals surface area contributed by atoms with Crippen molar-refractivity contribution >= 4 is 0 Å². The molecule has 0 heterocycles. The minimum atomic E-state index is -0.386. The van der Waals surface area contributed by atoms with Gasteiger partial charge in [0.05, 0.1) is 6.10 Å². The van der Waals surface area contributed by atoms with Gasteiger partial charge in [-0.05, 0) is 36.0 Å². The Morgan fingerprint density at radius 3 is 2.47 bits per heavy atom. The third-order valence-corrected chi connectivity index (χ3v) is 2.85. The smallest absolute Gasteiger partial charge is 0.123 e. The first-order valence-electron chi connectivity index (χ1n) is 6.26. The molecule has 0 aromatic heterocycles. The third kappa shape index (κ3) is 4.04. The lowest BCUT2D eigenvalue weighted by molar-refractivity contribution is 0.103. The summed E-state index contributed by atoms with van der Waals surface area (Å²) in [6.07, 6.45) is 0.333. The molecule has 96 valence electrons. The summed E-state index contributed by atoms with van der Waals surface area (Å²) in [5.74, 6) is 0.894. The molecule has 0 radical (unpaired) electrons. The summed E-state index contributed by atoms with van der Waals surface area (Å²) < 4.78 is 5.75. The van der Waals surface area contributed by atoms with Gasteiger partial charge >= 0.3 is 0 Å². The SMILES string of the molecule is CCC(O)COc1cc(C)ccc1C(C)(C)C. The molecule has 0 bridgehead atoms. The molecule has 1 unspecified atom stereocenters. The molecule has 0 fully saturated rings. The number of benzene rings is 1. The van der Waals surface area contributed by atoms with Crippen molar-refractivity contribution in [1.82, 2.24) is 0 Å². The van der Waals surface area contributed by atoms with E-state index >= 15 is 0 Å². The van der Waals surface area contributed by atoms with Gasteiger partial charge in [0, 0.05) is 0 Å². The fourth-order valence-electron chi connectivity index (χ4n) is 1.67. The van der Waals surface area contributed by atoms with E-state index < -0.39 is 0 Å². The average molecular weight is 236 g/mol. The molecule has 0 spiro atoms. The van der Waals surface area contributed by atoms with Crippen LogP contribution in [0.2, 0.25) is 0 Å². The highest BCUT2D eigenvalue weighted by molar-refractivity contribution is 5.41.